The summed E-state index contributed by atoms with van der Waals surface area (Å²) >= 11 is 3.40. The fourth-order valence-corrected chi connectivity index (χ4v) is 6.43. The summed E-state index contributed by atoms with van der Waals surface area (Å²) in [5.41, 5.74) is 1.71. The molecule has 0 N–H and O–H groups in total. The molecule has 0 aliphatic carbocycles. The highest BCUT2D eigenvalue weighted by Crippen LogP contribution is 2.48. The van der Waals surface area contributed by atoms with Crippen molar-refractivity contribution < 1.29 is 28.7 Å². The third kappa shape index (κ3) is 4.11. The summed E-state index contributed by atoms with van der Waals surface area (Å²) in [6, 6.07) is 19.2. The molecule has 0 radical (unpaired) electrons. The summed E-state index contributed by atoms with van der Waals surface area (Å²) in [5.74, 6) is -2.15. The second-order valence-corrected chi connectivity index (χ2v) is 11.2. The zero-order valence-corrected chi connectivity index (χ0v) is 23.2. The van der Waals surface area contributed by atoms with Gasteiger partial charge in [-0.3, -0.25) is 19.2 Å². The monoisotopic (exact) mass is 610 g/mol. The maximum atomic E-state index is 14.1. The van der Waals surface area contributed by atoms with Gasteiger partial charge in [0.15, 0.2) is 23.1 Å². The number of carbonyl (C=O) groups excluding carboxylic acids is 4. The summed E-state index contributed by atoms with van der Waals surface area (Å²) in [6.07, 6.45) is 5.05. The zero-order chi connectivity index (χ0) is 28.2. The highest BCUT2D eigenvalue weighted by Gasteiger charge is 2.63. The van der Waals surface area contributed by atoms with E-state index in [0.29, 0.717) is 47.1 Å². The lowest BCUT2D eigenvalue weighted by Gasteiger charge is -2.33. The van der Waals surface area contributed by atoms with Crippen molar-refractivity contribution in [3.8, 4) is 11.5 Å². The number of benzene rings is 3. The summed E-state index contributed by atoms with van der Waals surface area (Å²) in [7, 11) is 0. The molecule has 4 aliphatic rings. The molecule has 0 spiro atoms. The van der Waals surface area contributed by atoms with Crippen molar-refractivity contribution >= 4 is 45.0 Å². The lowest BCUT2D eigenvalue weighted by atomic mass is 9.85. The quantitative estimate of drug-likeness (QED) is 0.308. The van der Waals surface area contributed by atoms with Crippen LogP contribution in [0.4, 0.5) is 5.69 Å². The Kier molecular flexibility index (Phi) is 6.12. The van der Waals surface area contributed by atoms with Crippen molar-refractivity contribution in [2.24, 2.45) is 11.8 Å². The average Bonchev–Trinajstić information content (AvgIpc) is 3.48. The van der Waals surface area contributed by atoms with Crippen LogP contribution in [0.15, 0.2) is 101 Å². The van der Waals surface area contributed by atoms with E-state index < -0.39 is 35.7 Å². The van der Waals surface area contributed by atoms with Gasteiger partial charge in [0.1, 0.15) is 19.3 Å². The number of hydrogen-bond donors (Lipinski definition) is 0. The largest absolute Gasteiger partial charge is 0.486 e. The third-order valence-electron chi connectivity index (χ3n) is 8.03. The smallest absolute Gasteiger partial charge is 0.240 e. The molecule has 3 aromatic rings. The Labute approximate surface area is 244 Å². The Hall–Kier alpha value is -4.50. The first kappa shape index (κ1) is 25.5. The van der Waals surface area contributed by atoms with Gasteiger partial charge in [0.25, 0.3) is 0 Å². The van der Waals surface area contributed by atoms with E-state index in [9.17, 15) is 19.2 Å². The Bertz CT molecular complexity index is 1670. The molecule has 7 rings (SSSR count). The third-order valence-corrected chi connectivity index (χ3v) is 8.56. The van der Waals surface area contributed by atoms with Gasteiger partial charge in [-0.15, -0.1) is 0 Å². The number of hydrogen-bond acceptors (Lipinski definition) is 7. The van der Waals surface area contributed by atoms with Gasteiger partial charge in [0.2, 0.25) is 11.8 Å². The normalized spacial score (nSPS) is 24.2. The Balaban J connectivity index is 1.30. The number of amides is 2. The first-order valence-electron chi connectivity index (χ1n) is 13.3. The number of imide groups is 1. The first-order chi connectivity index (χ1) is 19.9. The van der Waals surface area contributed by atoms with Crippen LogP contribution >= 0.6 is 15.9 Å². The summed E-state index contributed by atoms with van der Waals surface area (Å²) in [6.45, 7) is 0.777. The minimum atomic E-state index is -0.941. The topological polar surface area (TPSA) is 93.2 Å². The molecule has 2 amide bonds. The fraction of sp³-hybridized carbons (Fsp3) is 0.188. The van der Waals surface area contributed by atoms with E-state index in [1.165, 1.54) is 0 Å². The molecular weight excluding hydrogens is 588 g/mol. The lowest BCUT2D eigenvalue weighted by molar-refractivity contribution is -0.123. The second kappa shape index (κ2) is 9.85. The van der Waals surface area contributed by atoms with E-state index in [0.717, 1.165) is 9.37 Å². The summed E-state index contributed by atoms with van der Waals surface area (Å²) in [5, 5.41) is 0. The van der Waals surface area contributed by atoms with Gasteiger partial charge in [-0.05, 0) is 30.3 Å². The van der Waals surface area contributed by atoms with E-state index >= 15 is 0 Å². The van der Waals surface area contributed by atoms with Crippen LogP contribution in [0.1, 0.15) is 20.7 Å². The van der Waals surface area contributed by atoms with E-state index in [-0.39, 0.29) is 11.6 Å². The first-order valence-corrected chi connectivity index (χ1v) is 14.1. The second-order valence-electron chi connectivity index (χ2n) is 10.3. The number of allylic oxidation sites excluding steroid dienone is 2. The number of fused-ring (bicyclic) bond motifs is 4. The van der Waals surface area contributed by atoms with Gasteiger partial charge in [-0.1, -0.05) is 64.5 Å². The number of anilines is 1. The van der Waals surface area contributed by atoms with Crippen LogP contribution in [0.25, 0.3) is 0 Å². The van der Waals surface area contributed by atoms with Crippen molar-refractivity contribution in [2.75, 3.05) is 18.1 Å². The molecule has 8 nitrogen and oxygen atoms in total. The van der Waals surface area contributed by atoms with Crippen LogP contribution in [-0.4, -0.2) is 53.6 Å². The van der Waals surface area contributed by atoms with Crippen molar-refractivity contribution in [3.05, 3.63) is 112 Å². The predicted octanol–water partition coefficient (Wildman–Crippen LogP) is 4.60. The highest BCUT2D eigenvalue weighted by atomic mass is 79.9. The number of Topliss-reactive ketones (excluding diaryl/α,β-unsaturated/α-hetero) is 2. The van der Waals surface area contributed by atoms with E-state index in [4.69, 9.17) is 9.47 Å². The molecule has 0 bridgehead atoms. The van der Waals surface area contributed by atoms with E-state index in [1.807, 2.05) is 6.07 Å². The van der Waals surface area contributed by atoms with E-state index in [2.05, 4.69) is 15.9 Å². The highest BCUT2D eigenvalue weighted by molar-refractivity contribution is 9.10. The molecule has 2 fully saturated rings. The molecular formula is C32H23BrN2O6. The average molecular weight is 611 g/mol. The van der Waals surface area contributed by atoms with Crippen LogP contribution in [0, 0.1) is 11.8 Å². The number of halogens is 1. The number of rotatable bonds is 5. The molecule has 3 aromatic carbocycles. The van der Waals surface area contributed by atoms with Crippen LogP contribution in [-0.2, 0) is 9.59 Å². The van der Waals surface area contributed by atoms with Crippen LogP contribution in [0.2, 0.25) is 0 Å². The number of carbonyl (C=O) groups is 4. The standard InChI is InChI=1S/C32H23BrN2O6/c33-21-8-6-19(7-9-21)30(37)28-27-26(23-16-20(12-13-34(23)28)29(36)18-4-2-1-3-5-18)31(38)35(32(27)39)22-10-11-24-25(17-22)41-15-14-40-24/h1-13,16-17,23,26-28H,14-15H2/t23-,26+,27-,28+/m0/s1. The van der Waals surface area contributed by atoms with Gasteiger partial charge in [-0.25, -0.2) is 4.90 Å². The molecule has 41 heavy (non-hydrogen) atoms. The van der Waals surface area contributed by atoms with Gasteiger partial charge >= 0.3 is 0 Å². The van der Waals surface area contributed by atoms with Crippen molar-refractivity contribution in [2.45, 2.75) is 12.1 Å². The Morgan fingerprint density at radius 3 is 2.27 bits per heavy atom. The molecule has 0 unspecified atom stereocenters. The lowest BCUT2D eigenvalue weighted by Crippen LogP contribution is -2.46. The van der Waals surface area contributed by atoms with Gasteiger partial charge in [0.05, 0.1) is 23.6 Å². The van der Waals surface area contributed by atoms with Crippen molar-refractivity contribution in [1.29, 1.82) is 0 Å². The van der Waals surface area contributed by atoms with Crippen molar-refractivity contribution in [1.82, 2.24) is 4.90 Å². The summed E-state index contributed by atoms with van der Waals surface area (Å²) in [4.78, 5) is 58.4. The maximum Gasteiger partial charge on any atom is 0.240 e. The van der Waals surface area contributed by atoms with Gasteiger partial charge in [0, 0.05) is 33.4 Å². The van der Waals surface area contributed by atoms with Gasteiger partial charge in [-0.2, -0.15) is 0 Å². The number of nitrogens with zero attached hydrogens (tertiary/aromatic N) is 2. The van der Waals surface area contributed by atoms with Crippen LogP contribution < -0.4 is 14.4 Å². The Morgan fingerprint density at radius 1 is 0.805 bits per heavy atom. The zero-order valence-electron chi connectivity index (χ0n) is 21.6. The summed E-state index contributed by atoms with van der Waals surface area (Å²) < 4.78 is 12.1. The maximum absolute atomic E-state index is 14.1. The number of ketones is 2. The van der Waals surface area contributed by atoms with Gasteiger partial charge < -0.3 is 14.4 Å². The molecule has 4 aliphatic heterocycles. The van der Waals surface area contributed by atoms with Crippen molar-refractivity contribution in [3.63, 3.8) is 0 Å². The minimum Gasteiger partial charge on any atom is -0.486 e. The molecule has 2 saturated heterocycles. The fourth-order valence-electron chi connectivity index (χ4n) is 6.16. The molecule has 0 aromatic heterocycles. The number of ether oxygens (including phenoxy) is 2. The molecule has 4 heterocycles. The minimum absolute atomic E-state index is 0.193. The molecule has 9 heteroatoms. The molecule has 0 saturated carbocycles. The molecule has 204 valence electrons. The predicted molar refractivity (Wildman–Crippen MR) is 153 cm³/mol. The van der Waals surface area contributed by atoms with E-state index in [1.54, 1.807) is 90.0 Å². The SMILES string of the molecule is O=C(C1=C[C@H]2[C@H]3C(=O)N(c4ccc5c(c4)OCCO5)C(=O)[C@@H]3[C@H](C(=O)c3ccc(Br)cc3)N2C=C1)c1ccccc1. The molecule has 4 atom stereocenters. The van der Waals surface area contributed by atoms with Crippen LogP contribution in [0.5, 0.6) is 11.5 Å². The van der Waals surface area contributed by atoms with Crippen LogP contribution in [0.3, 0.4) is 0 Å². The Morgan fingerprint density at radius 2 is 1.51 bits per heavy atom.